The van der Waals surface area contributed by atoms with E-state index in [1.807, 2.05) is 18.0 Å². The van der Waals surface area contributed by atoms with Gasteiger partial charge in [0.1, 0.15) is 5.69 Å². The van der Waals surface area contributed by atoms with Crippen LogP contribution in [0.5, 0.6) is 0 Å². The summed E-state index contributed by atoms with van der Waals surface area (Å²) in [4.78, 5) is 2.45. The molecule has 0 saturated carbocycles. The Morgan fingerprint density at radius 2 is 2.04 bits per heavy atom. The maximum absolute atomic E-state index is 5.82. The van der Waals surface area contributed by atoms with E-state index in [1.165, 1.54) is 24.1 Å². The summed E-state index contributed by atoms with van der Waals surface area (Å²) in [5.74, 6) is 0. The highest BCUT2D eigenvalue weighted by Crippen LogP contribution is 2.28. The molecule has 2 fully saturated rings. The van der Waals surface area contributed by atoms with Gasteiger partial charge in [-0.1, -0.05) is 11.3 Å². The first-order chi connectivity index (χ1) is 13.2. The number of ether oxygens (including phenoxy) is 2. The largest absolute Gasteiger partial charge is 0.381 e. The first-order valence-corrected chi connectivity index (χ1v) is 10.1. The van der Waals surface area contributed by atoms with Crippen molar-refractivity contribution >= 4 is 5.69 Å². The van der Waals surface area contributed by atoms with E-state index >= 15 is 0 Å². The van der Waals surface area contributed by atoms with Crippen LogP contribution in [0.4, 0.5) is 5.69 Å². The Hall–Kier alpha value is -1.92. The van der Waals surface area contributed by atoms with Crippen LogP contribution in [0.2, 0.25) is 0 Å². The van der Waals surface area contributed by atoms with E-state index in [-0.39, 0.29) is 6.10 Å². The highest BCUT2D eigenvalue weighted by Gasteiger charge is 2.20. The Morgan fingerprint density at radius 1 is 1.19 bits per heavy atom. The summed E-state index contributed by atoms with van der Waals surface area (Å²) < 4.78 is 13.2. The number of aromatic nitrogens is 3. The third-order valence-electron chi connectivity index (χ3n) is 5.83. The Morgan fingerprint density at radius 3 is 2.74 bits per heavy atom. The molecule has 1 atom stereocenters. The molecule has 1 unspecified atom stereocenters. The Balaban J connectivity index is 1.43. The van der Waals surface area contributed by atoms with Gasteiger partial charge in [-0.15, -0.1) is 5.10 Å². The van der Waals surface area contributed by atoms with Crippen LogP contribution in [-0.4, -0.2) is 54.0 Å². The monoisotopic (exact) mass is 370 g/mol. The zero-order chi connectivity index (χ0) is 18.6. The summed E-state index contributed by atoms with van der Waals surface area (Å²) in [7, 11) is 1.81. The van der Waals surface area contributed by atoms with Gasteiger partial charge >= 0.3 is 0 Å². The van der Waals surface area contributed by atoms with Gasteiger partial charge in [0.25, 0.3) is 0 Å². The molecule has 2 aromatic rings. The maximum atomic E-state index is 5.82. The lowest BCUT2D eigenvalue weighted by molar-refractivity contribution is 0.00370. The van der Waals surface area contributed by atoms with E-state index in [4.69, 9.17) is 9.47 Å². The van der Waals surface area contributed by atoms with Crippen LogP contribution in [0.15, 0.2) is 24.4 Å². The van der Waals surface area contributed by atoms with E-state index in [0.29, 0.717) is 6.10 Å². The van der Waals surface area contributed by atoms with Crippen LogP contribution in [-0.2, 0) is 16.0 Å². The normalized spacial score (nSPS) is 21.6. The molecule has 2 aliphatic heterocycles. The van der Waals surface area contributed by atoms with Crippen LogP contribution < -0.4 is 4.90 Å². The van der Waals surface area contributed by atoms with E-state index in [0.717, 1.165) is 56.8 Å². The molecule has 6 heteroatoms. The van der Waals surface area contributed by atoms with Gasteiger partial charge in [-0.25, -0.2) is 4.68 Å². The molecule has 3 heterocycles. The topological polar surface area (TPSA) is 52.4 Å². The van der Waals surface area contributed by atoms with Crippen molar-refractivity contribution in [1.82, 2.24) is 15.0 Å². The van der Waals surface area contributed by atoms with Crippen LogP contribution in [0.25, 0.3) is 11.3 Å². The summed E-state index contributed by atoms with van der Waals surface area (Å²) in [6.45, 7) is 5.92. The minimum absolute atomic E-state index is 0.270. The minimum atomic E-state index is 0.270. The smallest absolute Gasteiger partial charge is 0.113 e. The number of methoxy groups -OCH3 is 1. The van der Waals surface area contributed by atoms with E-state index in [1.54, 1.807) is 0 Å². The lowest BCUT2D eigenvalue weighted by Gasteiger charge is -2.33. The molecule has 0 radical (unpaired) electrons. The van der Waals surface area contributed by atoms with Gasteiger partial charge in [0.2, 0.25) is 0 Å². The molecular weight excluding hydrogens is 340 g/mol. The van der Waals surface area contributed by atoms with E-state index < -0.39 is 0 Å². The molecule has 2 aliphatic rings. The predicted octanol–water partition coefficient (Wildman–Crippen LogP) is 3.44. The highest BCUT2D eigenvalue weighted by atomic mass is 16.5. The summed E-state index contributed by atoms with van der Waals surface area (Å²) in [5.41, 5.74) is 4.62. The molecule has 4 rings (SSSR count). The van der Waals surface area contributed by atoms with Gasteiger partial charge in [0, 0.05) is 38.1 Å². The Labute approximate surface area is 161 Å². The predicted molar refractivity (Wildman–Crippen MR) is 106 cm³/mol. The van der Waals surface area contributed by atoms with Crippen molar-refractivity contribution in [2.45, 2.75) is 57.8 Å². The fourth-order valence-corrected chi connectivity index (χ4v) is 4.15. The van der Waals surface area contributed by atoms with Crippen LogP contribution in [0, 0.1) is 6.92 Å². The number of piperidine rings is 1. The lowest BCUT2D eigenvalue weighted by atomic mass is 10.0. The van der Waals surface area contributed by atoms with Crippen molar-refractivity contribution in [2.24, 2.45) is 0 Å². The molecule has 0 N–H and O–H groups in total. The second-order valence-corrected chi connectivity index (χ2v) is 7.74. The molecule has 2 saturated heterocycles. The fraction of sp³-hybridized carbons (Fsp3) is 0.619. The van der Waals surface area contributed by atoms with Crippen molar-refractivity contribution in [1.29, 1.82) is 0 Å². The van der Waals surface area contributed by atoms with Gasteiger partial charge in [-0.3, -0.25) is 0 Å². The lowest BCUT2D eigenvalue weighted by Crippen LogP contribution is -2.36. The molecule has 146 valence electrons. The van der Waals surface area contributed by atoms with E-state index in [2.05, 4.69) is 40.3 Å². The molecule has 27 heavy (non-hydrogen) atoms. The number of rotatable bonds is 5. The second-order valence-electron chi connectivity index (χ2n) is 7.74. The summed E-state index contributed by atoms with van der Waals surface area (Å²) in [5, 5.41) is 8.72. The Kier molecular flexibility index (Phi) is 5.74. The van der Waals surface area contributed by atoms with Gasteiger partial charge in [0.15, 0.2) is 0 Å². The Bertz CT molecular complexity index is 746. The molecular formula is C21H30N4O2. The highest BCUT2D eigenvalue weighted by molar-refractivity contribution is 5.67. The van der Waals surface area contributed by atoms with Crippen molar-refractivity contribution in [2.75, 3.05) is 31.7 Å². The number of hydrogen-bond donors (Lipinski definition) is 0. The zero-order valence-electron chi connectivity index (χ0n) is 16.4. The van der Waals surface area contributed by atoms with Crippen molar-refractivity contribution in [3.8, 4) is 11.3 Å². The van der Waals surface area contributed by atoms with Crippen LogP contribution in [0.1, 0.15) is 37.7 Å². The third kappa shape index (κ3) is 4.33. The number of anilines is 1. The minimum Gasteiger partial charge on any atom is -0.381 e. The SMILES string of the molecule is COC1CCN(c2ccc(-c3cn(CC4CCCCO4)nn3)c(C)c2)CC1. The fourth-order valence-electron chi connectivity index (χ4n) is 4.15. The molecule has 0 aliphatic carbocycles. The summed E-state index contributed by atoms with van der Waals surface area (Å²) in [6, 6.07) is 6.66. The second kappa shape index (κ2) is 8.40. The number of benzene rings is 1. The number of aryl methyl sites for hydroxylation is 1. The first kappa shape index (κ1) is 18.4. The third-order valence-corrected chi connectivity index (χ3v) is 5.83. The van der Waals surface area contributed by atoms with Gasteiger partial charge in [0.05, 0.1) is 24.9 Å². The average Bonchev–Trinajstić information content (AvgIpc) is 3.17. The van der Waals surface area contributed by atoms with Crippen LogP contribution in [0.3, 0.4) is 0 Å². The van der Waals surface area contributed by atoms with Crippen molar-refractivity contribution in [3.63, 3.8) is 0 Å². The van der Waals surface area contributed by atoms with Crippen molar-refractivity contribution < 1.29 is 9.47 Å². The van der Waals surface area contributed by atoms with E-state index in [9.17, 15) is 0 Å². The van der Waals surface area contributed by atoms with Gasteiger partial charge in [-0.2, -0.15) is 0 Å². The summed E-state index contributed by atoms with van der Waals surface area (Å²) in [6.07, 6.45) is 8.44. The number of nitrogens with zero attached hydrogens (tertiary/aromatic N) is 4. The molecule has 1 aromatic carbocycles. The summed E-state index contributed by atoms with van der Waals surface area (Å²) >= 11 is 0. The zero-order valence-corrected chi connectivity index (χ0v) is 16.4. The van der Waals surface area contributed by atoms with Gasteiger partial charge < -0.3 is 14.4 Å². The molecule has 0 bridgehead atoms. The molecule has 6 nitrogen and oxygen atoms in total. The molecule has 0 spiro atoms. The average molecular weight is 370 g/mol. The quantitative estimate of drug-likeness (QED) is 0.807. The molecule has 1 aromatic heterocycles. The molecule has 0 amide bonds. The number of hydrogen-bond acceptors (Lipinski definition) is 5. The first-order valence-electron chi connectivity index (χ1n) is 10.1. The standard InChI is InChI=1S/C21H30N4O2/c1-16-13-17(24-10-8-18(26-2)9-11-24)6-7-20(16)21-15-25(23-22-21)14-19-5-3-4-12-27-19/h6-7,13,15,18-19H,3-5,8-12,14H2,1-2H3. The maximum Gasteiger partial charge on any atom is 0.113 e. The van der Waals surface area contributed by atoms with Crippen molar-refractivity contribution in [3.05, 3.63) is 30.0 Å². The van der Waals surface area contributed by atoms with Crippen LogP contribution >= 0.6 is 0 Å². The van der Waals surface area contributed by atoms with Gasteiger partial charge in [-0.05, 0) is 56.7 Å².